The number of nitrogens with zero attached hydrogens (tertiary/aromatic N) is 4. The van der Waals surface area contributed by atoms with E-state index in [4.69, 9.17) is 0 Å². The van der Waals surface area contributed by atoms with Crippen LogP contribution in [-0.4, -0.2) is 32.8 Å². The van der Waals surface area contributed by atoms with Crippen molar-refractivity contribution in [2.24, 2.45) is 13.0 Å². The summed E-state index contributed by atoms with van der Waals surface area (Å²) in [7, 11) is 1.98. The Labute approximate surface area is 118 Å². The van der Waals surface area contributed by atoms with E-state index in [1.54, 1.807) is 11.3 Å². The molecule has 4 nitrogen and oxygen atoms in total. The third kappa shape index (κ3) is 3.42. The van der Waals surface area contributed by atoms with Crippen molar-refractivity contribution in [1.82, 2.24) is 19.7 Å². The fraction of sp³-hybridized carbons (Fsp3) is 0.571. The van der Waals surface area contributed by atoms with E-state index in [1.165, 1.54) is 36.5 Å². The Hall–Kier alpha value is -1.20. The van der Waals surface area contributed by atoms with Gasteiger partial charge in [-0.1, -0.05) is 0 Å². The molecule has 0 bridgehead atoms. The zero-order valence-corrected chi connectivity index (χ0v) is 12.1. The summed E-state index contributed by atoms with van der Waals surface area (Å²) >= 11 is 1.78. The van der Waals surface area contributed by atoms with E-state index >= 15 is 0 Å². The number of hydrogen-bond donors (Lipinski definition) is 0. The largest absolute Gasteiger partial charge is 0.299 e. The summed E-state index contributed by atoms with van der Waals surface area (Å²) in [5.74, 6) is 0.761. The Morgan fingerprint density at radius 1 is 1.47 bits per heavy atom. The van der Waals surface area contributed by atoms with Crippen LogP contribution in [0.15, 0.2) is 24.0 Å². The van der Waals surface area contributed by atoms with Crippen LogP contribution in [0.3, 0.4) is 0 Å². The summed E-state index contributed by atoms with van der Waals surface area (Å²) in [6.45, 7) is 3.43. The molecule has 1 aliphatic rings. The number of aromatic nitrogens is 3. The normalized spacial score (nSPS) is 20.8. The Bertz CT molecular complexity index is 505. The second-order valence-corrected chi connectivity index (χ2v) is 6.37. The zero-order valence-electron chi connectivity index (χ0n) is 11.3. The highest BCUT2D eigenvalue weighted by molar-refractivity contribution is 7.09. The first-order valence-electron chi connectivity index (χ1n) is 6.88. The number of hydrogen-bond acceptors (Lipinski definition) is 4. The minimum absolute atomic E-state index is 0.761. The summed E-state index contributed by atoms with van der Waals surface area (Å²) in [5.41, 5.74) is 1.32. The van der Waals surface area contributed by atoms with E-state index in [0.29, 0.717) is 0 Å². The van der Waals surface area contributed by atoms with Gasteiger partial charge in [0.2, 0.25) is 0 Å². The molecule has 3 rings (SSSR count). The van der Waals surface area contributed by atoms with Crippen molar-refractivity contribution in [3.63, 3.8) is 0 Å². The summed E-state index contributed by atoms with van der Waals surface area (Å²) in [4.78, 5) is 6.96. The number of piperidine rings is 1. The summed E-state index contributed by atoms with van der Waals surface area (Å²) in [5, 5.41) is 7.60. The van der Waals surface area contributed by atoms with Crippen molar-refractivity contribution in [1.29, 1.82) is 0 Å². The SMILES string of the molecule is Cn1cc(CN2CCC[C@@H](Cc3nccs3)C2)cn1. The Morgan fingerprint density at radius 2 is 2.42 bits per heavy atom. The molecule has 0 saturated carbocycles. The van der Waals surface area contributed by atoms with Crippen molar-refractivity contribution in [3.05, 3.63) is 34.5 Å². The lowest BCUT2D eigenvalue weighted by atomic mass is 9.95. The molecule has 5 heteroatoms. The highest BCUT2D eigenvalue weighted by Gasteiger charge is 2.21. The predicted octanol–water partition coefficient (Wildman–Crippen LogP) is 2.33. The van der Waals surface area contributed by atoms with Gasteiger partial charge in [0.05, 0.1) is 11.2 Å². The molecule has 0 spiro atoms. The summed E-state index contributed by atoms with van der Waals surface area (Å²) in [6.07, 6.45) is 9.78. The first-order chi connectivity index (χ1) is 9.29. The van der Waals surface area contributed by atoms with Gasteiger partial charge in [-0.15, -0.1) is 11.3 Å². The van der Waals surface area contributed by atoms with Gasteiger partial charge in [0.25, 0.3) is 0 Å². The molecule has 1 aliphatic heterocycles. The second-order valence-electron chi connectivity index (χ2n) is 5.40. The first-order valence-corrected chi connectivity index (χ1v) is 7.76. The highest BCUT2D eigenvalue weighted by atomic mass is 32.1. The van der Waals surface area contributed by atoms with E-state index in [0.717, 1.165) is 18.9 Å². The van der Waals surface area contributed by atoms with Gasteiger partial charge >= 0.3 is 0 Å². The molecule has 102 valence electrons. The van der Waals surface area contributed by atoms with Crippen LogP contribution in [0.2, 0.25) is 0 Å². The molecule has 1 saturated heterocycles. The quantitative estimate of drug-likeness (QED) is 0.859. The fourth-order valence-electron chi connectivity index (χ4n) is 2.87. The Kier molecular flexibility index (Phi) is 3.94. The predicted molar refractivity (Wildman–Crippen MR) is 77.0 cm³/mol. The number of rotatable bonds is 4. The number of likely N-dealkylation sites (tertiary alicyclic amines) is 1. The van der Waals surface area contributed by atoms with Gasteiger partial charge in [-0.05, 0) is 25.3 Å². The maximum atomic E-state index is 4.41. The van der Waals surface area contributed by atoms with Crippen LogP contribution in [0.25, 0.3) is 0 Å². The number of aryl methyl sites for hydroxylation is 1. The first kappa shape index (κ1) is 12.8. The van der Waals surface area contributed by atoms with Gasteiger partial charge in [-0.2, -0.15) is 5.10 Å². The van der Waals surface area contributed by atoms with Crippen molar-refractivity contribution in [2.75, 3.05) is 13.1 Å². The van der Waals surface area contributed by atoms with Crippen LogP contribution < -0.4 is 0 Å². The summed E-state index contributed by atoms with van der Waals surface area (Å²) < 4.78 is 1.88. The van der Waals surface area contributed by atoms with E-state index in [2.05, 4.69) is 26.6 Å². The van der Waals surface area contributed by atoms with Crippen LogP contribution >= 0.6 is 11.3 Å². The van der Waals surface area contributed by atoms with Crippen LogP contribution in [-0.2, 0) is 20.0 Å². The topological polar surface area (TPSA) is 34.0 Å². The van der Waals surface area contributed by atoms with Gasteiger partial charge in [-0.25, -0.2) is 4.98 Å². The lowest BCUT2D eigenvalue weighted by Crippen LogP contribution is -2.35. The zero-order chi connectivity index (χ0) is 13.1. The molecule has 0 aliphatic carbocycles. The lowest BCUT2D eigenvalue weighted by Gasteiger charge is -2.32. The molecule has 2 aromatic heterocycles. The lowest BCUT2D eigenvalue weighted by molar-refractivity contribution is 0.167. The standard InChI is InChI=1S/C14H20N4S/c1-17-9-13(8-16-17)11-18-5-2-3-12(10-18)7-14-15-4-6-19-14/h4,6,8-9,12H,2-3,5,7,10-11H2,1H3/t12-/m0/s1. The molecular weight excluding hydrogens is 256 g/mol. The van der Waals surface area contributed by atoms with Gasteiger partial charge in [0, 0.05) is 49.9 Å². The molecule has 0 amide bonds. The van der Waals surface area contributed by atoms with Gasteiger partial charge in [-0.3, -0.25) is 9.58 Å². The third-order valence-corrected chi connectivity index (χ3v) is 4.52. The van der Waals surface area contributed by atoms with Gasteiger partial charge in [0.1, 0.15) is 0 Å². The van der Waals surface area contributed by atoms with Crippen LogP contribution in [0.5, 0.6) is 0 Å². The van der Waals surface area contributed by atoms with Crippen molar-refractivity contribution in [2.45, 2.75) is 25.8 Å². The summed E-state index contributed by atoms with van der Waals surface area (Å²) in [6, 6.07) is 0. The van der Waals surface area contributed by atoms with E-state index in [9.17, 15) is 0 Å². The Morgan fingerprint density at radius 3 is 3.16 bits per heavy atom. The molecule has 19 heavy (non-hydrogen) atoms. The molecular formula is C14H20N4S. The maximum absolute atomic E-state index is 4.41. The van der Waals surface area contributed by atoms with Gasteiger partial charge in [0.15, 0.2) is 0 Å². The van der Waals surface area contributed by atoms with Gasteiger partial charge < -0.3 is 0 Å². The molecule has 0 N–H and O–H groups in total. The van der Waals surface area contributed by atoms with E-state index < -0.39 is 0 Å². The highest BCUT2D eigenvalue weighted by Crippen LogP contribution is 2.22. The molecule has 3 heterocycles. The molecule has 0 unspecified atom stereocenters. The van der Waals surface area contributed by atoms with E-state index in [-0.39, 0.29) is 0 Å². The molecule has 0 radical (unpaired) electrons. The van der Waals surface area contributed by atoms with Crippen molar-refractivity contribution in [3.8, 4) is 0 Å². The third-order valence-electron chi connectivity index (χ3n) is 3.71. The maximum Gasteiger partial charge on any atom is 0.0928 e. The Balaban J connectivity index is 1.55. The molecule has 2 aromatic rings. The van der Waals surface area contributed by atoms with Crippen LogP contribution in [0.1, 0.15) is 23.4 Å². The average Bonchev–Trinajstić information content (AvgIpc) is 3.02. The fourth-order valence-corrected chi connectivity index (χ4v) is 3.61. The monoisotopic (exact) mass is 276 g/mol. The minimum Gasteiger partial charge on any atom is -0.299 e. The smallest absolute Gasteiger partial charge is 0.0928 e. The molecule has 1 fully saturated rings. The molecule has 0 aromatic carbocycles. The second kappa shape index (κ2) is 5.84. The van der Waals surface area contributed by atoms with Crippen molar-refractivity contribution < 1.29 is 0 Å². The molecule has 1 atom stereocenters. The van der Waals surface area contributed by atoms with Crippen LogP contribution in [0, 0.1) is 5.92 Å². The van der Waals surface area contributed by atoms with Crippen molar-refractivity contribution >= 4 is 11.3 Å². The minimum atomic E-state index is 0.761. The van der Waals surface area contributed by atoms with E-state index in [1.807, 2.05) is 24.1 Å². The van der Waals surface area contributed by atoms with Crippen LogP contribution in [0.4, 0.5) is 0 Å². The average molecular weight is 276 g/mol. The number of thiazole rings is 1.